The molecule has 0 amide bonds. The molecule has 3 nitrogen and oxygen atoms in total. The number of anilines is 1. The highest BCUT2D eigenvalue weighted by Crippen LogP contribution is 2.29. The van der Waals surface area contributed by atoms with Crippen LogP contribution in [-0.2, 0) is 4.74 Å². The number of ether oxygens (including phenoxy) is 1. The van der Waals surface area contributed by atoms with Crippen molar-refractivity contribution >= 4 is 5.69 Å². The van der Waals surface area contributed by atoms with Gasteiger partial charge in [-0.2, -0.15) is 0 Å². The molecule has 1 aliphatic rings. The zero-order chi connectivity index (χ0) is 13.1. The van der Waals surface area contributed by atoms with Gasteiger partial charge in [0.2, 0.25) is 0 Å². The number of aromatic nitrogens is 1. The standard InChI is InChI=1S/C16H18N2O/c1-13-15(14-5-3-2-4-6-14)11-17-12-16(13)18-7-9-19-10-8-18/h2-6,11-12H,7-10H2,1H3. The molecule has 98 valence electrons. The van der Waals surface area contributed by atoms with Crippen molar-refractivity contribution in [3.05, 3.63) is 48.3 Å². The SMILES string of the molecule is Cc1c(-c2ccccc2)cncc1N1CCOCC1. The lowest BCUT2D eigenvalue weighted by Gasteiger charge is -2.30. The summed E-state index contributed by atoms with van der Waals surface area (Å²) in [6.45, 7) is 5.67. The Kier molecular flexibility index (Phi) is 3.47. The van der Waals surface area contributed by atoms with E-state index in [0.29, 0.717) is 0 Å². The molecule has 0 aliphatic carbocycles. The number of rotatable bonds is 2. The van der Waals surface area contributed by atoms with Crippen LogP contribution in [0.5, 0.6) is 0 Å². The molecule has 3 rings (SSSR count). The zero-order valence-corrected chi connectivity index (χ0v) is 11.2. The monoisotopic (exact) mass is 254 g/mol. The fourth-order valence-corrected chi connectivity index (χ4v) is 2.55. The molecule has 1 aliphatic heterocycles. The van der Waals surface area contributed by atoms with E-state index in [-0.39, 0.29) is 0 Å². The fourth-order valence-electron chi connectivity index (χ4n) is 2.55. The number of pyridine rings is 1. The molecule has 19 heavy (non-hydrogen) atoms. The summed E-state index contributed by atoms with van der Waals surface area (Å²) in [6.07, 6.45) is 3.92. The van der Waals surface area contributed by atoms with E-state index in [4.69, 9.17) is 4.74 Å². The molecule has 0 saturated carbocycles. The Balaban J connectivity index is 1.99. The van der Waals surface area contributed by atoms with Gasteiger partial charge in [-0.15, -0.1) is 0 Å². The maximum absolute atomic E-state index is 5.41. The Morgan fingerprint density at radius 3 is 2.53 bits per heavy atom. The third-order valence-corrected chi connectivity index (χ3v) is 3.63. The van der Waals surface area contributed by atoms with Gasteiger partial charge in [0.25, 0.3) is 0 Å². The molecule has 1 aromatic heterocycles. The topological polar surface area (TPSA) is 25.4 Å². The average molecular weight is 254 g/mol. The van der Waals surface area contributed by atoms with Gasteiger partial charge in [-0.25, -0.2) is 0 Å². The normalized spacial score (nSPS) is 15.5. The van der Waals surface area contributed by atoms with Gasteiger partial charge in [0.15, 0.2) is 0 Å². The van der Waals surface area contributed by atoms with E-state index in [0.717, 1.165) is 26.3 Å². The van der Waals surface area contributed by atoms with Crippen molar-refractivity contribution in [2.45, 2.75) is 6.92 Å². The molecule has 0 N–H and O–H groups in total. The van der Waals surface area contributed by atoms with E-state index in [1.54, 1.807) is 0 Å². The minimum absolute atomic E-state index is 0.801. The highest BCUT2D eigenvalue weighted by Gasteiger charge is 2.15. The Morgan fingerprint density at radius 1 is 1.05 bits per heavy atom. The summed E-state index contributed by atoms with van der Waals surface area (Å²) in [7, 11) is 0. The Bertz CT molecular complexity index is 548. The van der Waals surface area contributed by atoms with Gasteiger partial charge in [-0.05, 0) is 18.1 Å². The first-order chi connectivity index (χ1) is 9.36. The summed E-state index contributed by atoms with van der Waals surface area (Å²) in [5.74, 6) is 0. The van der Waals surface area contributed by atoms with Crippen LogP contribution >= 0.6 is 0 Å². The van der Waals surface area contributed by atoms with Crippen molar-refractivity contribution in [3.63, 3.8) is 0 Å². The summed E-state index contributed by atoms with van der Waals surface area (Å²) in [5.41, 5.74) is 4.96. The van der Waals surface area contributed by atoms with Crippen LogP contribution in [0.25, 0.3) is 11.1 Å². The van der Waals surface area contributed by atoms with Crippen LogP contribution in [0.2, 0.25) is 0 Å². The van der Waals surface area contributed by atoms with E-state index in [2.05, 4.69) is 41.1 Å². The third kappa shape index (κ3) is 2.47. The molecule has 2 heterocycles. The predicted octanol–water partition coefficient (Wildman–Crippen LogP) is 2.89. The molecule has 0 atom stereocenters. The van der Waals surface area contributed by atoms with Crippen LogP contribution in [0.4, 0.5) is 5.69 Å². The molecule has 0 radical (unpaired) electrons. The van der Waals surface area contributed by atoms with Gasteiger partial charge in [0, 0.05) is 24.8 Å². The summed E-state index contributed by atoms with van der Waals surface area (Å²) in [6, 6.07) is 10.4. The third-order valence-electron chi connectivity index (χ3n) is 3.63. The maximum Gasteiger partial charge on any atom is 0.0642 e. The molecule has 2 aromatic rings. The average Bonchev–Trinajstić information content (AvgIpc) is 2.49. The van der Waals surface area contributed by atoms with Crippen molar-refractivity contribution in [3.8, 4) is 11.1 Å². The highest BCUT2D eigenvalue weighted by molar-refractivity contribution is 5.72. The van der Waals surface area contributed by atoms with Crippen molar-refractivity contribution < 1.29 is 4.74 Å². The lowest BCUT2D eigenvalue weighted by atomic mass is 10.0. The minimum atomic E-state index is 0.801. The van der Waals surface area contributed by atoms with Crippen molar-refractivity contribution in [1.82, 2.24) is 4.98 Å². The minimum Gasteiger partial charge on any atom is -0.378 e. The van der Waals surface area contributed by atoms with Crippen LogP contribution < -0.4 is 4.90 Å². The molecule has 0 spiro atoms. The van der Waals surface area contributed by atoms with E-state index >= 15 is 0 Å². The van der Waals surface area contributed by atoms with Gasteiger partial charge in [0.1, 0.15) is 0 Å². The first-order valence-electron chi connectivity index (χ1n) is 6.69. The van der Waals surface area contributed by atoms with Crippen LogP contribution in [0.3, 0.4) is 0 Å². The molecule has 1 fully saturated rings. The second-order valence-corrected chi connectivity index (χ2v) is 4.80. The van der Waals surface area contributed by atoms with E-state index < -0.39 is 0 Å². The Hall–Kier alpha value is -1.87. The predicted molar refractivity (Wildman–Crippen MR) is 77.4 cm³/mol. The van der Waals surface area contributed by atoms with Gasteiger partial charge in [0.05, 0.1) is 25.1 Å². The van der Waals surface area contributed by atoms with Gasteiger partial charge < -0.3 is 9.64 Å². The van der Waals surface area contributed by atoms with E-state index in [9.17, 15) is 0 Å². The smallest absolute Gasteiger partial charge is 0.0642 e. The largest absolute Gasteiger partial charge is 0.378 e. The molecule has 1 saturated heterocycles. The number of nitrogens with zero attached hydrogens (tertiary/aromatic N) is 2. The van der Waals surface area contributed by atoms with Crippen LogP contribution in [0.15, 0.2) is 42.7 Å². The van der Waals surface area contributed by atoms with E-state index in [1.165, 1.54) is 22.4 Å². The van der Waals surface area contributed by atoms with Crippen molar-refractivity contribution in [2.24, 2.45) is 0 Å². The first-order valence-corrected chi connectivity index (χ1v) is 6.69. The second-order valence-electron chi connectivity index (χ2n) is 4.80. The quantitative estimate of drug-likeness (QED) is 0.824. The molecule has 1 aromatic carbocycles. The summed E-state index contributed by atoms with van der Waals surface area (Å²) in [4.78, 5) is 6.77. The van der Waals surface area contributed by atoms with Crippen LogP contribution in [0, 0.1) is 6.92 Å². The molecular formula is C16H18N2O. The number of hydrogen-bond donors (Lipinski definition) is 0. The van der Waals surface area contributed by atoms with Crippen molar-refractivity contribution in [1.29, 1.82) is 0 Å². The second kappa shape index (κ2) is 5.41. The van der Waals surface area contributed by atoms with Gasteiger partial charge in [-0.1, -0.05) is 30.3 Å². The molecular weight excluding hydrogens is 236 g/mol. The summed E-state index contributed by atoms with van der Waals surface area (Å²) in [5, 5.41) is 0. The molecule has 3 heteroatoms. The maximum atomic E-state index is 5.41. The summed E-state index contributed by atoms with van der Waals surface area (Å²) < 4.78 is 5.41. The number of hydrogen-bond acceptors (Lipinski definition) is 3. The Morgan fingerprint density at radius 2 is 1.79 bits per heavy atom. The molecule has 0 bridgehead atoms. The van der Waals surface area contributed by atoms with Gasteiger partial charge in [-0.3, -0.25) is 4.98 Å². The van der Waals surface area contributed by atoms with Gasteiger partial charge >= 0.3 is 0 Å². The highest BCUT2D eigenvalue weighted by atomic mass is 16.5. The first kappa shape index (κ1) is 12.2. The number of morpholine rings is 1. The lowest BCUT2D eigenvalue weighted by Crippen LogP contribution is -2.36. The molecule has 0 unspecified atom stereocenters. The van der Waals surface area contributed by atoms with Crippen LogP contribution in [-0.4, -0.2) is 31.3 Å². The summed E-state index contributed by atoms with van der Waals surface area (Å²) >= 11 is 0. The fraction of sp³-hybridized carbons (Fsp3) is 0.312. The van der Waals surface area contributed by atoms with Crippen LogP contribution in [0.1, 0.15) is 5.56 Å². The Labute approximate surface area is 113 Å². The van der Waals surface area contributed by atoms with Crippen molar-refractivity contribution in [2.75, 3.05) is 31.2 Å². The zero-order valence-electron chi connectivity index (χ0n) is 11.2. The lowest BCUT2D eigenvalue weighted by molar-refractivity contribution is 0.122. The number of benzene rings is 1. The van der Waals surface area contributed by atoms with E-state index in [1.807, 2.05) is 18.5 Å².